The second-order valence-corrected chi connectivity index (χ2v) is 5.24. The van der Waals surface area contributed by atoms with Crippen LogP contribution in [0.2, 0.25) is 0 Å². The first-order valence-electron chi connectivity index (χ1n) is 4.53. The molecule has 0 saturated carbocycles. The lowest BCUT2D eigenvalue weighted by Gasteiger charge is -2.15. The third kappa shape index (κ3) is 2.69. The van der Waals surface area contributed by atoms with Crippen molar-refractivity contribution in [3.63, 3.8) is 0 Å². The monoisotopic (exact) mass is 243 g/mol. The number of anilines is 2. The molecule has 0 aliphatic rings. The molecular formula is C9H13N3O3S. The maximum Gasteiger partial charge on any atom is 0.349 e. The van der Waals surface area contributed by atoms with Crippen LogP contribution < -0.4 is 11.1 Å². The van der Waals surface area contributed by atoms with Crippen molar-refractivity contribution < 1.29 is 14.7 Å². The molecule has 0 bridgehead atoms. The van der Waals surface area contributed by atoms with Gasteiger partial charge in [-0.1, -0.05) is 32.1 Å². The molecule has 1 aromatic heterocycles. The van der Waals surface area contributed by atoms with Gasteiger partial charge in [-0.05, 0) is 0 Å². The summed E-state index contributed by atoms with van der Waals surface area (Å²) in [6.07, 6.45) is 0. The molecule has 0 atom stereocenters. The zero-order chi connectivity index (χ0) is 12.5. The molecule has 1 rings (SSSR count). The Balaban J connectivity index is 2.88. The summed E-state index contributed by atoms with van der Waals surface area (Å²) >= 11 is 0.844. The zero-order valence-electron chi connectivity index (χ0n) is 9.20. The van der Waals surface area contributed by atoms with Gasteiger partial charge in [-0.2, -0.15) is 0 Å². The normalized spacial score (nSPS) is 11.2. The highest BCUT2D eigenvalue weighted by molar-refractivity contribution is 7.18. The lowest BCUT2D eigenvalue weighted by atomic mass is 9.96. The number of nitrogen functional groups attached to an aromatic ring is 1. The van der Waals surface area contributed by atoms with Gasteiger partial charge in [-0.3, -0.25) is 4.79 Å². The largest absolute Gasteiger partial charge is 0.477 e. The highest BCUT2D eigenvalue weighted by Gasteiger charge is 2.23. The third-order valence-corrected chi connectivity index (χ3v) is 2.72. The van der Waals surface area contributed by atoms with Crippen LogP contribution in [0, 0.1) is 5.41 Å². The first-order valence-corrected chi connectivity index (χ1v) is 5.34. The number of aromatic nitrogens is 1. The smallest absolute Gasteiger partial charge is 0.349 e. The maximum atomic E-state index is 11.6. The van der Waals surface area contributed by atoms with Gasteiger partial charge in [0.05, 0.1) is 0 Å². The summed E-state index contributed by atoms with van der Waals surface area (Å²) in [5.41, 5.74) is 4.83. The van der Waals surface area contributed by atoms with E-state index in [0.717, 1.165) is 11.3 Å². The molecule has 1 aromatic rings. The van der Waals surface area contributed by atoms with Gasteiger partial charge in [0, 0.05) is 5.41 Å². The minimum absolute atomic E-state index is 0.0655. The summed E-state index contributed by atoms with van der Waals surface area (Å²) in [5.74, 6) is -1.47. The Kier molecular flexibility index (Phi) is 3.18. The number of amides is 1. The molecule has 4 N–H and O–H groups in total. The van der Waals surface area contributed by atoms with E-state index < -0.39 is 11.4 Å². The minimum Gasteiger partial charge on any atom is -0.477 e. The highest BCUT2D eigenvalue weighted by Crippen LogP contribution is 2.26. The number of rotatable bonds is 2. The van der Waals surface area contributed by atoms with Gasteiger partial charge in [0.2, 0.25) is 5.91 Å². The quantitative estimate of drug-likeness (QED) is 0.728. The van der Waals surface area contributed by atoms with Crippen molar-refractivity contribution in [1.82, 2.24) is 4.98 Å². The van der Waals surface area contributed by atoms with Crippen molar-refractivity contribution in [2.75, 3.05) is 11.1 Å². The topological polar surface area (TPSA) is 105 Å². The second-order valence-electron chi connectivity index (χ2n) is 4.24. The number of thiazole rings is 1. The van der Waals surface area contributed by atoms with Crippen molar-refractivity contribution in [3.8, 4) is 0 Å². The first kappa shape index (κ1) is 12.4. The number of nitrogens with one attached hydrogen (secondary N) is 1. The van der Waals surface area contributed by atoms with Crippen molar-refractivity contribution in [2.45, 2.75) is 20.8 Å². The molecule has 16 heavy (non-hydrogen) atoms. The number of carboxylic acids is 1. The summed E-state index contributed by atoms with van der Waals surface area (Å²) < 4.78 is 0. The number of carboxylic acid groups (broad SMARTS) is 1. The zero-order valence-corrected chi connectivity index (χ0v) is 10.0. The van der Waals surface area contributed by atoms with E-state index in [2.05, 4.69) is 10.3 Å². The molecule has 7 heteroatoms. The molecule has 1 amide bonds. The van der Waals surface area contributed by atoms with Crippen LogP contribution >= 0.6 is 11.3 Å². The number of hydrogen-bond acceptors (Lipinski definition) is 5. The molecule has 0 radical (unpaired) electrons. The van der Waals surface area contributed by atoms with E-state index in [-0.39, 0.29) is 21.7 Å². The third-order valence-electron chi connectivity index (χ3n) is 1.75. The van der Waals surface area contributed by atoms with E-state index in [4.69, 9.17) is 10.8 Å². The van der Waals surface area contributed by atoms with Crippen LogP contribution in [-0.2, 0) is 4.79 Å². The predicted molar refractivity (Wildman–Crippen MR) is 61.6 cm³/mol. The minimum atomic E-state index is -1.15. The molecule has 0 saturated heterocycles. The Labute approximate surface area is 96.5 Å². The van der Waals surface area contributed by atoms with Crippen molar-refractivity contribution in [3.05, 3.63) is 4.88 Å². The van der Waals surface area contributed by atoms with E-state index in [9.17, 15) is 9.59 Å². The van der Waals surface area contributed by atoms with Crippen LogP contribution in [0.4, 0.5) is 10.9 Å². The van der Waals surface area contributed by atoms with Crippen LogP contribution in [0.5, 0.6) is 0 Å². The lowest BCUT2D eigenvalue weighted by molar-refractivity contribution is -0.123. The number of nitrogens with zero attached hydrogens (tertiary/aromatic N) is 1. The maximum absolute atomic E-state index is 11.6. The van der Waals surface area contributed by atoms with E-state index in [0.29, 0.717) is 0 Å². The van der Waals surface area contributed by atoms with Gasteiger partial charge < -0.3 is 16.2 Å². The van der Waals surface area contributed by atoms with Gasteiger partial charge in [0.25, 0.3) is 0 Å². The van der Waals surface area contributed by atoms with Gasteiger partial charge in [-0.25, -0.2) is 9.78 Å². The standard InChI is InChI=1S/C9H13N3O3S/c1-9(2,3)7(15)12-8-11-5(10)4(16-8)6(13)14/h10H2,1-3H3,(H,13,14)(H,11,12,15). The Bertz CT molecular complexity index is 434. The lowest BCUT2D eigenvalue weighted by Crippen LogP contribution is -2.27. The Morgan fingerprint density at radius 2 is 2.00 bits per heavy atom. The van der Waals surface area contributed by atoms with Gasteiger partial charge in [0.1, 0.15) is 0 Å². The fourth-order valence-corrected chi connectivity index (χ4v) is 1.54. The number of hydrogen-bond donors (Lipinski definition) is 3. The molecule has 6 nitrogen and oxygen atoms in total. The molecule has 0 aliphatic carbocycles. The van der Waals surface area contributed by atoms with Crippen LogP contribution in [-0.4, -0.2) is 22.0 Å². The average molecular weight is 243 g/mol. The summed E-state index contributed by atoms with van der Waals surface area (Å²) in [7, 11) is 0. The number of carbonyl (C=O) groups excluding carboxylic acids is 1. The summed E-state index contributed by atoms with van der Waals surface area (Å²) in [6.45, 7) is 5.24. The Morgan fingerprint density at radius 3 is 2.38 bits per heavy atom. The molecule has 1 heterocycles. The predicted octanol–water partition coefficient (Wildman–Crippen LogP) is 1.41. The molecule has 0 spiro atoms. The Hall–Kier alpha value is -1.63. The number of aromatic carboxylic acids is 1. The molecule has 0 aliphatic heterocycles. The second kappa shape index (κ2) is 4.09. The van der Waals surface area contributed by atoms with Crippen molar-refractivity contribution in [2.24, 2.45) is 5.41 Å². The van der Waals surface area contributed by atoms with E-state index in [1.54, 1.807) is 20.8 Å². The van der Waals surface area contributed by atoms with Crippen LogP contribution in [0.15, 0.2) is 0 Å². The fourth-order valence-electron chi connectivity index (χ4n) is 0.823. The molecule has 0 unspecified atom stereocenters. The summed E-state index contributed by atoms with van der Waals surface area (Å²) in [6, 6.07) is 0. The van der Waals surface area contributed by atoms with Crippen LogP contribution in [0.3, 0.4) is 0 Å². The number of nitrogens with two attached hydrogens (primary N) is 1. The van der Waals surface area contributed by atoms with Crippen molar-refractivity contribution >= 4 is 34.2 Å². The van der Waals surface area contributed by atoms with Crippen LogP contribution in [0.25, 0.3) is 0 Å². The number of carbonyl (C=O) groups is 2. The van der Waals surface area contributed by atoms with E-state index in [1.807, 2.05) is 0 Å². The summed E-state index contributed by atoms with van der Waals surface area (Å²) in [5, 5.41) is 11.5. The summed E-state index contributed by atoms with van der Waals surface area (Å²) in [4.78, 5) is 26.0. The van der Waals surface area contributed by atoms with Crippen molar-refractivity contribution in [1.29, 1.82) is 0 Å². The molecule has 88 valence electrons. The van der Waals surface area contributed by atoms with Gasteiger partial charge >= 0.3 is 5.97 Å². The molecule has 0 fully saturated rings. The van der Waals surface area contributed by atoms with E-state index in [1.165, 1.54) is 0 Å². The average Bonchev–Trinajstić information content (AvgIpc) is 2.45. The Morgan fingerprint density at radius 1 is 1.44 bits per heavy atom. The van der Waals surface area contributed by atoms with Crippen LogP contribution in [0.1, 0.15) is 30.4 Å². The molecule has 0 aromatic carbocycles. The SMILES string of the molecule is CC(C)(C)C(=O)Nc1nc(N)c(C(=O)O)s1. The molecular weight excluding hydrogens is 230 g/mol. The van der Waals surface area contributed by atoms with Gasteiger partial charge in [-0.15, -0.1) is 0 Å². The fraction of sp³-hybridized carbons (Fsp3) is 0.444. The highest BCUT2D eigenvalue weighted by atomic mass is 32.1. The van der Waals surface area contributed by atoms with E-state index >= 15 is 0 Å². The van der Waals surface area contributed by atoms with Gasteiger partial charge in [0.15, 0.2) is 15.8 Å². The first-order chi connectivity index (χ1) is 7.21.